The molecule has 2 heterocycles. The molecular formula is C22H24N4O. The first kappa shape index (κ1) is 17.3. The summed E-state index contributed by atoms with van der Waals surface area (Å²) in [5.74, 6) is 1.03. The number of rotatable bonds is 3. The van der Waals surface area contributed by atoms with Crippen LogP contribution in [0.2, 0.25) is 0 Å². The molecule has 1 saturated heterocycles. The smallest absolute Gasteiger partial charge is 0.317 e. The van der Waals surface area contributed by atoms with Gasteiger partial charge in [0, 0.05) is 38.1 Å². The highest BCUT2D eigenvalue weighted by Crippen LogP contribution is 2.23. The average molecular weight is 360 g/mol. The summed E-state index contributed by atoms with van der Waals surface area (Å²) in [6, 6.07) is 20.4. The second-order valence-corrected chi connectivity index (χ2v) is 6.94. The van der Waals surface area contributed by atoms with Gasteiger partial charge in [0.1, 0.15) is 5.82 Å². The lowest BCUT2D eigenvalue weighted by Crippen LogP contribution is -2.52. The van der Waals surface area contributed by atoms with E-state index in [4.69, 9.17) is 4.98 Å². The molecule has 2 amide bonds. The van der Waals surface area contributed by atoms with Gasteiger partial charge in [-0.3, -0.25) is 0 Å². The lowest BCUT2D eigenvalue weighted by Gasteiger charge is -2.36. The number of hydrogen-bond donors (Lipinski definition) is 1. The van der Waals surface area contributed by atoms with Gasteiger partial charge in [0.25, 0.3) is 0 Å². The molecule has 0 aliphatic carbocycles. The fraction of sp³-hybridized carbons (Fsp3) is 0.273. The van der Waals surface area contributed by atoms with E-state index >= 15 is 0 Å². The molecule has 0 atom stereocenters. The van der Waals surface area contributed by atoms with Crippen LogP contribution in [-0.4, -0.2) is 42.1 Å². The van der Waals surface area contributed by atoms with Gasteiger partial charge in [-0.15, -0.1) is 0 Å². The topological polar surface area (TPSA) is 48.5 Å². The lowest BCUT2D eigenvalue weighted by molar-refractivity contribution is 0.194. The minimum absolute atomic E-state index is 0.00157. The van der Waals surface area contributed by atoms with Gasteiger partial charge in [-0.05, 0) is 30.2 Å². The summed E-state index contributed by atoms with van der Waals surface area (Å²) in [5.41, 5.74) is 3.30. The third kappa shape index (κ3) is 3.87. The number of benzene rings is 2. The molecule has 2 aromatic carbocycles. The number of amides is 2. The summed E-state index contributed by atoms with van der Waals surface area (Å²) in [6.07, 6.45) is 0. The Morgan fingerprint density at radius 2 is 1.70 bits per heavy atom. The minimum Gasteiger partial charge on any atom is -0.353 e. The first-order chi connectivity index (χ1) is 13.2. The number of nitrogens with zero attached hydrogens (tertiary/aromatic N) is 3. The zero-order valence-corrected chi connectivity index (χ0v) is 15.6. The number of anilines is 1. The maximum Gasteiger partial charge on any atom is 0.317 e. The Labute approximate surface area is 159 Å². The van der Waals surface area contributed by atoms with Crippen LogP contribution in [0.15, 0.2) is 60.7 Å². The molecule has 0 bridgehead atoms. The predicted octanol–water partition coefficient (Wildman–Crippen LogP) is 3.58. The van der Waals surface area contributed by atoms with Crippen LogP contribution in [0.1, 0.15) is 11.1 Å². The van der Waals surface area contributed by atoms with Gasteiger partial charge in [-0.25, -0.2) is 9.78 Å². The first-order valence-corrected chi connectivity index (χ1v) is 9.39. The lowest BCUT2D eigenvalue weighted by atomic mass is 10.1. The van der Waals surface area contributed by atoms with Crippen molar-refractivity contribution in [1.82, 2.24) is 15.2 Å². The fourth-order valence-corrected chi connectivity index (χ4v) is 3.54. The Hall–Kier alpha value is -3.08. The van der Waals surface area contributed by atoms with Crippen molar-refractivity contribution in [2.75, 3.05) is 31.1 Å². The van der Waals surface area contributed by atoms with Crippen molar-refractivity contribution in [1.29, 1.82) is 0 Å². The van der Waals surface area contributed by atoms with Crippen molar-refractivity contribution in [3.8, 4) is 0 Å². The Morgan fingerprint density at radius 3 is 2.48 bits per heavy atom. The number of pyridine rings is 1. The molecule has 1 fully saturated rings. The largest absolute Gasteiger partial charge is 0.353 e. The summed E-state index contributed by atoms with van der Waals surface area (Å²) in [7, 11) is 0. The van der Waals surface area contributed by atoms with E-state index in [-0.39, 0.29) is 6.03 Å². The number of piperazine rings is 1. The van der Waals surface area contributed by atoms with Gasteiger partial charge < -0.3 is 15.1 Å². The van der Waals surface area contributed by atoms with Gasteiger partial charge in [0.2, 0.25) is 0 Å². The van der Waals surface area contributed by atoms with Gasteiger partial charge in [0.15, 0.2) is 0 Å². The molecule has 0 saturated carbocycles. The second-order valence-electron chi connectivity index (χ2n) is 6.94. The van der Waals surface area contributed by atoms with E-state index in [1.54, 1.807) is 0 Å². The number of nitrogens with one attached hydrogen (secondary N) is 1. The minimum atomic E-state index is 0.00157. The van der Waals surface area contributed by atoms with Crippen LogP contribution in [0.25, 0.3) is 10.9 Å². The molecule has 1 aromatic heterocycles. The van der Waals surface area contributed by atoms with E-state index in [0.29, 0.717) is 19.6 Å². The summed E-state index contributed by atoms with van der Waals surface area (Å²) in [4.78, 5) is 21.5. The summed E-state index contributed by atoms with van der Waals surface area (Å²) in [6.45, 7) is 5.66. The second kappa shape index (κ2) is 7.66. The van der Waals surface area contributed by atoms with Crippen LogP contribution in [0, 0.1) is 6.92 Å². The Kier molecular flexibility index (Phi) is 4.92. The summed E-state index contributed by atoms with van der Waals surface area (Å²) < 4.78 is 0. The third-order valence-corrected chi connectivity index (χ3v) is 5.04. The number of carbonyl (C=O) groups excluding carboxylic acids is 1. The average Bonchev–Trinajstić information content (AvgIpc) is 2.72. The molecule has 138 valence electrons. The molecule has 4 rings (SSSR count). The first-order valence-electron chi connectivity index (χ1n) is 9.39. The number of carbonyl (C=O) groups is 1. The van der Waals surface area contributed by atoms with Gasteiger partial charge >= 0.3 is 6.03 Å². The highest BCUT2D eigenvalue weighted by molar-refractivity contribution is 5.82. The Bertz CT molecular complexity index is 933. The molecule has 1 aliphatic rings. The number of urea groups is 1. The monoisotopic (exact) mass is 360 g/mol. The number of fused-ring (bicyclic) bond motifs is 1. The van der Waals surface area contributed by atoms with Crippen molar-refractivity contribution < 1.29 is 4.79 Å². The van der Waals surface area contributed by atoms with E-state index in [1.807, 2.05) is 53.4 Å². The molecule has 1 N–H and O–H groups in total. The van der Waals surface area contributed by atoms with Gasteiger partial charge in [-0.1, -0.05) is 48.5 Å². The zero-order chi connectivity index (χ0) is 18.6. The van der Waals surface area contributed by atoms with E-state index in [9.17, 15) is 4.79 Å². The van der Waals surface area contributed by atoms with Gasteiger partial charge in [-0.2, -0.15) is 0 Å². The summed E-state index contributed by atoms with van der Waals surface area (Å²) in [5, 5.41) is 4.18. The fourth-order valence-electron chi connectivity index (χ4n) is 3.54. The molecule has 1 aliphatic heterocycles. The zero-order valence-electron chi connectivity index (χ0n) is 15.6. The van der Waals surface area contributed by atoms with Gasteiger partial charge in [0.05, 0.1) is 5.52 Å². The van der Waals surface area contributed by atoms with E-state index < -0.39 is 0 Å². The molecule has 27 heavy (non-hydrogen) atoms. The summed E-state index contributed by atoms with van der Waals surface area (Å²) >= 11 is 0. The van der Waals surface area contributed by atoms with Crippen molar-refractivity contribution in [2.45, 2.75) is 13.5 Å². The Morgan fingerprint density at radius 1 is 1.00 bits per heavy atom. The molecule has 0 unspecified atom stereocenters. The van der Waals surface area contributed by atoms with Crippen LogP contribution in [0.5, 0.6) is 0 Å². The molecule has 5 nitrogen and oxygen atoms in total. The normalized spacial score (nSPS) is 14.4. The van der Waals surface area contributed by atoms with Crippen molar-refractivity contribution in [3.63, 3.8) is 0 Å². The van der Waals surface area contributed by atoms with Crippen molar-refractivity contribution >= 4 is 22.8 Å². The van der Waals surface area contributed by atoms with Crippen molar-refractivity contribution in [2.24, 2.45) is 0 Å². The number of hydrogen-bond acceptors (Lipinski definition) is 3. The quantitative estimate of drug-likeness (QED) is 0.777. The van der Waals surface area contributed by atoms with Crippen molar-refractivity contribution in [3.05, 3.63) is 71.8 Å². The molecular weight excluding hydrogens is 336 g/mol. The Balaban J connectivity index is 1.37. The van der Waals surface area contributed by atoms with E-state index in [1.165, 1.54) is 5.56 Å². The maximum absolute atomic E-state index is 12.4. The SMILES string of the molecule is Cc1cc2ccccc2nc1N1CCN(C(=O)NCc2ccccc2)CC1. The molecule has 3 aromatic rings. The molecule has 0 radical (unpaired) electrons. The van der Waals surface area contributed by atoms with E-state index in [2.05, 4.69) is 29.3 Å². The highest BCUT2D eigenvalue weighted by Gasteiger charge is 2.22. The maximum atomic E-state index is 12.4. The highest BCUT2D eigenvalue weighted by atomic mass is 16.2. The molecule has 5 heteroatoms. The number of aryl methyl sites for hydroxylation is 1. The van der Waals surface area contributed by atoms with Crippen LogP contribution < -0.4 is 10.2 Å². The standard InChI is InChI=1S/C22H24N4O/c1-17-15-19-9-5-6-10-20(19)24-21(17)25-11-13-26(14-12-25)22(27)23-16-18-7-3-2-4-8-18/h2-10,15H,11-14,16H2,1H3,(H,23,27). The third-order valence-electron chi connectivity index (χ3n) is 5.04. The number of para-hydroxylation sites is 1. The van der Waals surface area contributed by atoms with Crippen LogP contribution in [0.4, 0.5) is 10.6 Å². The number of aromatic nitrogens is 1. The predicted molar refractivity (Wildman–Crippen MR) is 109 cm³/mol. The van der Waals surface area contributed by atoms with Crippen LogP contribution in [-0.2, 0) is 6.54 Å². The van der Waals surface area contributed by atoms with Crippen LogP contribution >= 0.6 is 0 Å². The van der Waals surface area contributed by atoms with Crippen LogP contribution in [0.3, 0.4) is 0 Å². The van der Waals surface area contributed by atoms with E-state index in [0.717, 1.165) is 35.4 Å². The molecule has 0 spiro atoms.